The molecule has 0 aliphatic carbocycles. The van der Waals surface area contributed by atoms with Crippen molar-refractivity contribution in [1.29, 1.82) is 0 Å². The Bertz CT molecular complexity index is 1520. The van der Waals surface area contributed by atoms with Crippen molar-refractivity contribution in [2.75, 3.05) is 5.32 Å². The molecule has 0 aliphatic heterocycles. The van der Waals surface area contributed by atoms with E-state index < -0.39 is 66.9 Å². The number of alkyl halides is 4. The molecule has 0 fully saturated rings. The number of hydrogen-bond donors (Lipinski definition) is 1. The number of rotatable bonds is 10. The van der Waals surface area contributed by atoms with Gasteiger partial charge in [-0.15, -0.1) is 0 Å². The molecule has 9 nitrogen and oxygen atoms in total. The molecule has 3 aromatic rings. The average molecular weight is 629 g/mol. The summed E-state index contributed by atoms with van der Waals surface area (Å²) in [6.45, 7) is 8.63. The lowest BCUT2D eigenvalue weighted by molar-refractivity contribution is -0.138. The highest BCUT2D eigenvalue weighted by Crippen LogP contribution is 2.55. The van der Waals surface area contributed by atoms with E-state index in [-0.39, 0.29) is 11.4 Å². The molecule has 0 aliphatic rings. The number of nitrogens with zero attached hydrogens (tertiary/aromatic N) is 1. The summed E-state index contributed by atoms with van der Waals surface area (Å²) in [4.78, 5) is 25.9. The Kier molecular flexibility index (Phi) is 10.3. The van der Waals surface area contributed by atoms with Gasteiger partial charge in [0.15, 0.2) is 5.75 Å². The quantitative estimate of drug-likeness (QED) is 0.179. The second-order valence-corrected chi connectivity index (χ2v) is 12.9. The first kappa shape index (κ1) is 34.0. The van der Waals surface area contributed by atoms with Crippen molar-refractivity contribution in [3.8, 4) is 11.5 Å². The first-order valence-electron chi connectivity index (χ1n) is 13.0. The Morgan fingerprint density at radius 2 is 1.53 bits per heavy atom. The Morgan fingerprint density at radius 1 is 0.930 bits per heavy atom. The van der Waals surface area contributed by atoms with E-state index in [1.54, 1.807) is 41.5 Å². The number of phosphoric acid groups is 1. The lowest BCUT2D eigenvalue weighted by atomic mass is 10.1. The molecule has 0 radical (unpaired) electrons. The number of para-hydroxylation sites is 1. The summed E-state index contributed by atoms with van der Waals surface area (Å²) in [7, 11) is -4.13. The standard InChI is InChI=1S/C29H33F4N2O7P/c1-27(2,3)41-43(38,42-28(4,5)6)39-18-35-15-14-20(16-24(35)36)34-26(37)22-8-7-9-23(29(31,32)33)25(22)40-21-12-10-19(17-30)11-13-21/h7-16H,17-18H2,1-6H3,(H,34,37). The predicted molar refractivity (Wildman–Crippen MR) is 152 cm³/mol. The fourth-order valence-electron chi connectivity index (χ4n) is 3.58. The average Bonchev–Trinajstić information content (AvgIpc) is 2.86. The number of pyridine rings is 1. The van der Waals surface area contributed by atoms with Gasteiger partial charge in [0.1, 0.15) is 19.2 Å². The van der Waals surface area contributed by atoms with Crippen molar-refractivity contribution in [1.82, 2.24) is 4.57 Å². The molecule has 1 aromatic heterocycles. The largest absolute Gasteiger partial charge is 0.477 e. The van der Waals surface area contributed by atoms with Gasteiger partial charge < -0.3 is 10.1 Å². The monoisotopic (exact) mass is 628 g/mol. The molecule has 1 heterocycles. The molecular formula is C29H33F4N2O7P. The molecule has 0 saturated carbocycles. The van der Waals surface area contributed by atoms with Crippen molar-refractivity contribution >= 4 is 19.4 Å². The van der Waals surface area contributed by atoms with Crippen LogP contribution in [0, 0.1) is 0 Å². The summed E-state index contributed by atoms with van der Waals surface area (Å²) in [5, 5.41) is 2.39. The van der Waals surface area contributed by atoms with Gasteiger partial charge in [0.2, 0.25) is 0 Å². The van der Waals surface area contributed by atoms with E-state index in [4.69, 9.17) is 18.3 Å². The van der Waals surface area contributed by atoms with Crippen LogP contribution in [0.1, 0.15) is 63.0 Å². The van der Waals surface area contributed by atoms with Crippen molar-refractivity contribution in [2.45, 2.75) is 72.3 Å². The van der Waals surface area contributed by atoms with Gasteiger partial charge in [0.25, 0.3) is 11.5 Å². The van der Waals surface area contributed by atoms with E-state index in [0.717, 1.165) is 28.8 Å². The number of anilines is 1. The maximum Gasteiger partial charge on any atom is 0.477 e. The fraction of sp³-hybridized carbons (Fsp3) is 0.379. The first-order chi connectivity index (χ1) is 19.8. The maximum absolute atomic E-state index is 13.8. The second kappa shape index (κ2) is 13.0. The molecule has 0 bridgehead atoms. The molecule has 14 heteroatoms. The summed E-state index contributed by atoms with van der Waals surface area (Å²) in [5.41, 5.74) is -3.90. The van der Waals surface area contributed by atoms with Crippen LogP contribution >= 0.6 is 7.82 Å². The third kappa shape index (κ3) is 10.0. The van der Waals surface area contributed by atoms with Gasteiger partial charge in [-0.1, -0.05) is 18.2 Å². The van der Waals surface area contributed by atoms with Crippen LogP contribution in [0.5, 0.6) is 11.5 Å². The minimum absolute atomic E-state index is 0.0398. The summed E-state index contributed by atoms with van der Waals surface area (Å²) < 4.78 is 90.5. The lowest BCUT2D eigenvalue weighted by Crippen LogP contribution is -2.26. The van der Waals surface area contributed by atoms with E-state index in [9.17, 15) is 31.7 Å². The third-order valence-corrected chi connectivity index (χ3v) is 7.22. The van der Waals surface area contributed by atoms with Gasteiger partial charge in [0.05, 0.1) is 22.3 Å². The second-order valence-electron chi connectivity index (χ2n) is 11.3. The lowest BCUT2D eigenvalue weighted by Gasteiger charge is -2.30. The predicted octanol–water partition coefficient (Wildman–Crippen LogP) is 8.09. The highest BCUT2D eigenvalue weighted by molar-refractivity contribution is 7.48. The number of aromatic nitrogens is 1. The van der Waals surface area contributed by atoms with Gasteiger partial charge in [-0.2, -0.15) is 13.2 Å². The Hall–Kier alpha value is -3.51. The molecule has 43 heavy (non-hydrogen) atoms. The molecule has 0 atom stereocenters. The van der Waals surface area contributed by atoms with Crippen LogP contribution in [-0.2, 0) is 37.7 Å². The number of hydrogen-bond acceptors (Lipinski definition) is 7. The maximum atomic E-state index is 13.8. The zero-order chi connectivity index (χ0) is 32.2. The van der Waals surface area contributed by atoms with Crippen LogP contribution in [0.4, 0.5) is 23.2 Å². The van der Waals surface area contributed by atoms with Gasteiger partial charge in [-0.25, -0.2) is 8.96 Å². The summed E-state index contributed by atoms with van der Waals surface area (Å²) in [6, 6.07) is 10.5. The molecule has 0 unspecified atom stereocenters. The Labute approximate surface area is 246 Å². The van der Waals surface area contributed by atoms with E-state index in [1.807, 2.05) is 0 Å². The number of phosphoric ester groups is 1. The third-order valence-electron chi connectivity index (χ3n) is 5.24. The molecule has 234 valence electrons. The van der Waals surface area contributed by atoms with Crippen LogP contribution in [0.3, 0.4) is 0 Å². The number of ether oxygens (including phenoxy) is 1. The molecule has 2 aromatic carbocycles. The fourth-order valence-corrected chi connectivity index (χ4v) is 5.33. The summed E-state index contributed by atoms with van der Waals surface area (Å²) in [5.74, 6) is -1.80. The van der Waals surface area contributed by atoms with Gasteiger partial charge in [0, 0.05) is 18.0 Å². The topological polar surface area (TPSA) is 105 Å². The number of carbonyl (C=O) groups excluding carboxylic acids is 1. The van der Waals surface area contributed by atoms with Crippen molar-refractivity contribution in [3.63, 3.8) is 0 Å². The van der Waals surface area contributed by atoms with Crippen LogP contribution in [0.2, 0.25) is 0 Å². The zero-order valence-corrected chi connectivity index (χ0v) is 25.3. The van der Waals surface area contributed by atoms with Crippen LogP contribution in [0.25, 0.3) is 0 Å². The van der Waals surface area contributed by atoms with E-state index in [2.05, 4.69) is 5.32 Å². The number of halogens is 4. The smallest absolute Gasteiger partial charge is 0.456 e. The normalized spacial score (nSPS) is 12.7. The van der Waals surface area contributed by atoms with Crippen molar-refractivity contribution < 1.29 is 45.2 Å². The van der Waals surface area contributed by atoms with E-state index >= 15 is 0 Å². The molecule has 0 spiro atoms. The molecular weight excluding hydrogens is 595 g/mol. The number of amides is 1. The highest BCUT2D eigenvalue weighted by Gasteiger charge is 2.38. The zero-order valence-electron chi connectivity index (χ0n) is 24.5. The van der Waals surface area contributed by atoms with Crippen LogP contribution in [-0.4, -0.2) is 21.7 Å². The number of benzene rings is 2. The van der Waals surface area contributed by atoms with Gasteiger partial charge in [-0.05, 0) is 77.4 Å². The number of carbonyl (C=O) groups is 1. The minimum Gasteiger partial charge on any atom is -0.456 e. The van der Waals surface area contributed by atoms with Crippen LogP contribution in [0.15, 0.2) is 65.6 Å². The van der Waals surface area contributed by atoms with Gasteiger partial charge >= 0.3 is 14.0 Å². The Balaban J connectivity index is 1.84. The van der Waals surface area contributed by atoms with Crippen molar-refractivity contribution in [2.24, 2.45) is 0 Å². The number of nitrogens with one attached hydrogen (secondary N) is 1. The van der Waals surface area contributed by atoms with E-state index in [0.29, 0.717) is 5.56 Å². The van der Waals surface area contributed by atoms with Gasteiger partial charge in [-0.3, -0.25) is 27.7 Å². The molecule has 1 amide bonds. The van der Waals surface area contributed by atoms with E-state index in [1.165, 1.54) is 36.5 Å². The molecule has 0 saturated heterocycles. The summed E-state index contributed by atoms with van der Waals surface area (Å²) in [6.07, 6.45) is -3.63. The highest BCUT2D eigenvalue weighted by atomic mass is 31.2. The summed E-state index contributed by atoms with van der Waals surface area (Å²) >= 11 is 0. The first-order valence-corrected chi connectivity index (χ1v) is 14.5. The SMILES string of the molecule is CC(C)(C)OP(=O)(OCn1ccc(NC(=O)c2cccc(C(F)(F)F)c2Oc2ccc(CF)cc2)cc1=O)OC(C)(C)C. The van der Waals surface area contributed by atoms with Crippen LogP contribution < -0.4 is 15.6 Å². The molecule has 1 N–H and O–H groups in total. The minimum atomic E-state index is -4.86. The Morgan fingerprint density at radius 3 is 2.05 bits per heavy atom. The molecule has 3 rings (SSSR count). The van der Waals surface area contributed by atoms with Crippen molar-refractivity contribution in [3.05, 3.63) is 87.8 Å².